The van der Waals surface area contributed by atoms with Crippen molar-refractivity contribution in [2.24, 2.45) is 5.92 Å². The number of aliphatic hydroxyl groups is 1. The van der Waals surface area contributed by atoms with Gasteiger partial charge in [0.1, 0.15) is 6.23 Å². The second-order valence-electron chi connectivity index (χ2n) is 3.44. The Morgan fingerprint density at radius 3 is 2.75 bits per heavy atom. The van der Waals surface area contributed by atoms with E-state index < -0.39 is 6.23 Å². The summed E-state index contributed by atoms with van der Waals surface area (Å²) in [5.41, 5.74) is 0. The van der Waals surface area contributed by atoms with E-state index in [-0.39, 0.29) is 0 Å². The SMILES string of the molecule is OC(C1CCCC1)n1cccn1. The molecule has 0 spiro atoms. The molecule has 1 aromatic rings. The maximum absolute atomic E-state index is 9.81. The third kappa shape index (κ3) is 1.37. The monoisotopic (exact) mass is 166 g/mol. The molecule has 0 aromatic carbocycles. The van der Waals surface area contributed by atoms with Crippen molar-refractivity contribution in [3.63, 3.8) is 0 Å². The summed E-state index contributed by atoms with van der Waals surface area (Å²) >= 11 is 0. The summed E-state index contributed by atoms with van der Waals surface area (Å²) in [6.07, 6.45) is 7.91. The fraction of sp³-hybridized carbons (Fsp3) is 0.667. The number of aliphatic hydroxyl groups excluding tert-OH is 1. The normalized spacial score (nSPS) is 21.4. The topological polar surface area (TPSA) is 38.0 Å². The molecule has 1 aliphatic rings. The van der Waals surface area contributed by atoms with Gasteiger partial charge in [-0.05, 0) is 18.9 Å². The summed E-state index contributed by atoms with van der Waals surface area (Å²) < 4.78 is 1.65. The first-order valence-electron chi connectivity index (χ1n) is 4.55. The Labute approximate surface area is 72.0 Å². The second-order valence-corrected chi connectivity index (χ2v) is 3.44. The van der Waals surface area contributed by atoms with Crippen molar-refractivity contribution in [2.45, 2.75) is 31.9 Å². The molecule has 1 fully saturated rings. The summed E-state index contributed by atoms with van der Waals surface area (Å²) in [6.45, 7) is 0. The molecular weight excluding hydrogens is 152 g/mol. The van der Waals surface area contributed by atoms with E-state index >= 15 is 0 Å². The Morgan fingerprint density at radius 1 is 1.42 bits per heavy atom. The maximum Gasteiger partial charge on any atom is 0.149 e. The Bertz CT molecular complexity index is 227. The summed E-state index contributed by atoms with van der Waals surface area (Å²) in [6, 6.07) is 1.85. The smallest absolute Gasteiger partial charge is 0.149 e. The minimum atomic E-state index is -0.400. The Hall–Kier alpha value is -0.830. The molecule has 66 valence electrons. The highest BCUT2D eigenvalue weighted by atomic mass is 16.3. The average molecular weight is 166 g/mol. The van der Waals surface area contributed by atoms with Crippen LogP contribution < -0.4 is 0 Å². The molecule has 1 saturated carbocycles. The quantitative estimate of drug-likeness (QED) is 0.724. The fourth-order valence-electron chi connectivity index (χ4n) is 1.91. The Kier molecular flexibility index (Phi) is 2.13. The van der Waals surface area contributed by atoms with Gasteiger partial charge in [-0.25, -0.2) is 4.68 Å². The molecule has 1 N–H and O–H groups in total. The van der Waals surface area contributed by atoms with Gasteiger partial charge >= 0.3 is 0 Å². The zero-order chi connectivity index (χ0) is 8.39. The average Bonchev–Trinajstić information content (AvgIpc) is 2.77. The van der Waals surface area contributed by atoms with Gasteiger partial charge < -0.3 is 5.11 Å². The zero-order valence-electron chi connectivity index (χ0n) is 7.06. The van der Waals surface area contributed by atoms with E-state index in [1.165, 1.54) is 12.8 Å². The molecule has 12 heavy (non-hydrogen) atoms. The highest BCUT2D eigenvalue weighted by Gasteiger charge is 2.24. The summed E-state index contributed by atoms with van der Waals surface area (Å²) in [4.78, 5) is 0. The van der Waals surface area contributed by atoms with Crippen LogP contribution >= 0.6 is 0 Å². The molecule has 1 aromatic heterocycles. The van der Waals surface area contributed by atoms with Gasteiger partial charge in [0.05, 0.1) is 0 Å². The van der Waals surface area contributed by atoms with Gasteiger partial charge in [-0.1, -0.05) is 12.8 Å². The van der Waals surface area contributed by atoms with Crippen LogP contribution in [0.5, 0.6) is 0 Å². The lowest BCUT2D eigenvalue weighted by molar-refractivity contribution is 0.0325. The molecule has 0 saturated heterocycles. The second kappa shape index (κ2) is 3.27. The van der Waals surface area contributed by atoms with Gasteiger partial charge in [0, 0.05) is 18.3 Å². The van der Waals surface area contributed by atoms with Crippen LogP contribution in [0.2, 0.25) is 0 Å². The van der Waals surface area contributed by atoms with Crippen LogP contribution in [0, 0.1) is 5.92 Å². The van der Waals surface area contributed by atoms with E-state index in [1.807, 2.05) is 12.3 Å². The summed E-state index contributed by atoms with van der Waals surface area (Å²) in [7, 11) is 0. The van der Waals surface area contributed by atoms with Crippen molar-refractivity contribution in [3.8, 4) is 0 Å². The van der Waals surface area contributed by atoms with Gasteiger partial charge in [0.2, 0.25) is 0 Å². The van der Waals surface area contributed by atoms with Crippen LogP contribution in [0.1, 0.15) is 31.9 Å². The van der Waals surface area contributed by atoms with E-state index in [1.54, 1.807) is 10.9 Å². The van der Waals surface area contributed by atoms with Crippen molar-refractivity contribution in [2.75, 3.05) is 0 Å². The van der Waals surface area contributed by atoms with Crippen molar-refractivity contribution in [1.82, 2.24) is 9.78 Å². The zero-order valence-corrected chi connectivity index (χ0v) is 7.06. The van der Waals surface area contributed by atoms with Gasteiger partial charge in [-0.2, -0.15) is 5.10 Å². The summed E-state index contributed by atoms with van der Waals surface area (Å²) in [5, 5.41) is 13.8. The molecule has 0 radical (unpaired) electrons. The molecule has 1 aliphatic carbocycles. The lowest BCUT2D eigenvalue weighted by atomic mass is 10.1. The predicted molar refractivity (Wildman–Crippen MR) is 45.4 cm³/mol. The first kappa shape index (κ1) is 7.80. The van der Waals surface area contributed by atoms with E-state index in [9.17, 15) is 5.11 Å². The summed E-state index contributed by atoms with van der Waals surface area (Å²) in [5.74, 6) is 0.421. The lowest BCUT2D eigenvalue weighted by Crippen LogP contribution is -2.16. The van der Waals surface area contributed by atoms with Crippen molar-refractivity contribution in [1.29, 1.82) is 0 Å². The lowest BCUT2D eigenvalue weighted by Gasteiger charge is -2.17. The number of hydrogen-bond acceptors (Lipinski definition) is 2. The van der Waals surface area contributed by atoms with Gasteiger partial charge in [-0.15, -0.1) is 0 Å². The number of nitrogens with zero attached hydrogens (tertiary/aromatic N) is 2. The molecule has 2 rings (SSSR count). The predicted octanol–water partition coefficient (Wildman–Crippen LogP) is 1.56. The standard InChI is InChI=1S/C9H14N2O/c12-9(8-4-1-2-5-8)11-7-3-6-10-11/h3,6-9,12H,1-2,4-5H2. The highest BCUT2D eigenvalue weighted by Crippen LogP contribution is 2.31. The van der Waals surface area contributed by atoms with Crippen molar-refractivity contribution < 1.29 is 5.11 Å². The minimum absolute atomic E-state index is 0.400. The highest BCUT2D eigenvalue weighted by molar-refractivity contribution is 4.82. The Balaban J connectivity index is 2.04. The molecule has 1 unspecified atom stereocenters. The van der Waals surface area contributed by atoms with Crippen LogP contribution in [0.25, 0.3) is 0 Å². The van der Waals surface area contributed by atoms with Crippen LogP contribution in [0.3, 0.4) is 0 Å². The van der Waals surface area contributed by atoms with E-state index in [2.05, 4.69) is 5.10 Å². The van der Waals surface area contributed by atoms with Crippen LogP contribution in [0.15, 0.2) is 18.5 Å². The molecule has 1 atom stereocenters. The van der Waals surface area contributed by atoms with Gasteiger partial charge in [0.15, 0.2) is 0 Å². The molecule has 0 bridgehead atoms. The number of hydrogen-bond donors (Lipinski definition) is 1. The van der Waals surface area contributed by atoms with Crippen molar-refractivity contribution in [3.05, 3.63) is 18.5 Å². The molecule has 0 aliphatic heterocycles. The van der Waals surface area contributed by atoms with E-state index in [0.29, 0.717) is 5.92 Å². The van der Waals surface area contributed by atoms with Gasteiger partial charge in [-0.3, -0.25) is 0 Å². The van der Waals surface area contributed by atoms with Crippen LogP contribution in [0.4, 0.5) is 0 Å². The number of rotatable bonds is 2. The first-order valence-corrected chi connectivity index (χ1v) is 4.55. The largest absolute Gasteiger partial charge is 0.371 e. The molecular formula is C9H14N2O. The third-order valence-corrected chi connectivity index (χ3v) is 2.62. The fourth-order valence-corrected chi connectivity index (χ4v) is 1.91. The molecule has 1 heterocycles. The molecule has 3 nitrogen and oxygen atoms in total. The number of aromatic nitrogens is 2. The molecule has 3 heteroatoms. The van der Waals surface area contributed by atoms with E-state index in [4.69, 9.17) is 0 Å². The third-order valence-electron chi connectivity index (χ3n) is 2.62. The minimum Gasteiger partial charge on any atom is -0.371 e. The van der Waals surface area contributed by atoms with Crippen LogP contribution in [-0.2, 0) is 0 Å². The van der Waals surface area contributed by atoms with E-state index in [0.717, 1.165) is 12.8 Å². The maximum atomic E-state index is 9.81. The Morgan fingerprint density at radius 2 is 2.17 bits per heavy atom. The molecule has 0 amide bonds. The van der Waals surface area contributed by atoms with Gasteiger partial charge in [0.25, 0.3) is 0 Å². The first-order chi connectivity index (χ1) is 5.88. The van der Waals surface area contributed by atoms with Crippen molar-refractivity contribution >= 4 is 0 Å². The van der Waals surface area contributed by atoms with Crippen LogP contribution in [-0.4, -0.2) is 14.9 Å².